The van der Waals surface area contributed by atoms with E-state index < -0.39 is 0 Å². The summed E-state index contributed by atoms with van der Waals surface area (Å²) in [5, 5.41) is 9.27. The maximum Gasteiger partial charge on any atom is 0.228 e. The Labute approximate surface area is 164 Å². The molecule has 0 spiro atoms. The summed E-state index contributed by atoms with van der Waals surface area (Å²) in [6, 6.07) is 17.6. The fourth-order valence-corrected chi connectivity index (χ4v) is 4.28. The summed E-state index contributed by atoms with van der Waals surface area (Å²) < 4.78 is 0. The summed E-state index contributed by atoms with van der Waals surface area (Å²) in [6.07, 6.45) is 4.44. The summed E-state index contributed by atoms with van der Waals surface area (Å²) >= 11 is 0. The van der Waals surface area contributed by atoms with Gasteiger partial charge in [-0.1, -0.05) is 36.4 Å². The Bertz CT molecular complexity index is 1020. The molecule has 5 rings (SSSR count). The SMILES string of the molecule is O=C1Cc2ccnc(N3CCC(NCc4ccc5ccccc5c4)CC3)c2N1. The molecule has 3 heterocycles. The van der Waals surface area contributed by atoms with Crippen molar-refractivity contribution < 1.29 is 4.79 Å². The molecule has 5 nitrogen and oxygen atoms in total. The van der Waals surface area contributed by atoms with Crippen LogP contribution in [-0.4, -0.2) is 30.0 Å². The molecule has 3 aromatic rings. The maximum absolute atomic E-state index is 11.7. The van der Waals surface area contributed by atoms with Crippen LogP contribution >= 0.6 is 0 Å². The van der Waals surface area contributed by atoms with Crippen molar-refractivity contribution in [3.05, 3.63) is 65.9 Å². The van der Waals surface area contributed by atoms with Gasteiger partial charge in [0.25, 0.3) is 0 Å². The van der Waals surface area contributed by atoms with Gasteiger partial charge < -0.3 is 15.5 Å². The summed E-state index contributed by atoms with van der Waals surface area (Å²) in [5.41, 5.74) is 3.30. The van der Waals surface area contributed by atoms with E-state index in [9.17, 15) is 4.79 Å². The number of aromatic nitrogens is 1. The fraction of sp³-hybridized carbons (Fsp3) is 0.304. The van der Waals surface area contributed by atoms with Crippen LogP contribution in [0.1, 0.15) is 24.0 Å². The van der Waals surface area contributed by atoms with E-state index in [2.05, 4.69) is 63.0 Å². The number of hydrogen-bond donors (Lipinski definition) is 2. The van der Waals surface area contributed by atoms with Crippen molar-refractivity contribution in [2.45, 2.75) is 31.8 Å². The van der Waals surface area contributed by atoms with Crippen molar-refractivity contribution in [3.8, 4) is 0 Å². The number of anilines is 2. The van der Waals surface area contributed by atoms with Crippen LogP contribution in [-0.2, 0) is 17.8 Å². The molecule has 142 valence electrons. The van der Waals surface area contributed by atoms with Gasteiger partial charge in [-0.05, 0) is 46.9 Å². The monoisotopic (exact) mass is 372 g/mol. The van der Waals surface area contributed by atoms with E-state index in [1.54, 1.807) is 0 Å². The molecule has 2 aromatic carbocycles. The zero-order chi connectivity index (χ0) is 18.9. The molecular formula is C23H24N4O. The second kappa shape index (κ2) is 7.24. The van der Waals surface area contributed by atoms with Gasteiger partial charge in [-0.2, -0.15) is 0 Å². The molecular weight excluding hydrogens is 348 g/mol. The predicted octanol–water partition coefficient (Wildman–Crippen LogP) is 3.49. The van der Waals surface area contributed by atoms with Crippen LogP contribution in [0.2, 0.25) is 0 Å². The minimum Gasteiger partial charge on any atom is -0.355 e. The second-order valence-corrected chi connectivity index (χ2v) is 7.72. The summed E-state index contributed by atoms with van der Waals surface area (Å²) in [7, 11) is 0. The van der Waals surface area contributed by atoms with Gasteiger partial charge in [0, 0.05) is 31.9 Å². The largest absolute Gasteiger partial charge is 0.355 e. The van der Waals surface area contributed by atoms with Crippen molar-refractivity contribution in [2.24, 2.45) is 0 Å². The Hall–Kier alpha value is -2.92. The third-order valence-electron chi connectivity index (χ3n) is 5.84. The molecule has 2 N–H and O–H groups in total. The average molecular weight is 372 g/mol. The number of pyridine rings is 1. The molecule has 1 aromatic heterocycles. The number of benzene rings is 2. The first-order valence-electron chi connectivity index (χ1n) is 10.00. The third kappa shape index (κ3) is 3.34. The number of hydrogen-bond acceptors (Lipinski definition) is 4. The van der Waals surface area contributed by atoms with Gasteiger partial charge in [0.05, 0.1) is 12.1 Å². The highest BCUT2D eigenvalue weighted by atomic mass is 16.1. The number of rotatable bonds is 4. The zero-order valence-corrected chi connectivity index (χ0v) is 15.8. The summed E-state index contributed by atoms with van der Waals surface area (Å²) in [5.74, 6) is 0.993. The molecule has 0 aliphatic carbocycles. The van der Waals surface area contributed by atoms with Gasteiger partial charge in [0.1, 0.15) is 0 Å². The molecule has 1 amide bonds. The molecule has 0 saturated carbocycles. The highest BCUT2D eigenvalue weighted by molar-refractivity contribution is 6.02. The Morgan fingerprint density at radius 3 is 2.75 bits per heavy atom. The molecule has 0 radical (unpaired) electrons. The number of fused-ring (bicyclic) bond motifs is 2. The fourth-order valence-electron chi connectivity index (χ4n) is 4.28. The van der Waals surface area contributed by atoms with Crippen molar-refractivity contribution >= 4 is 28.2 Å². The first kappa shape index (κ1) is 17.2. The molecule has 5 heteroatoms. The van der Waals surface area contributed by atoms with E-state index in [0.29, 0.717) is 12.5 Å². The number of piperidine rings is 1. The molecule has 0 bridgehead atoms. The topological polar surface area (TPSA) is 57.3 Å². The van der Waals surface area contributed by atoms with E-state index in [1.807, 2.05) is 12.3 Å². The van der Waals surface area contributed by atoms with Crippen LogP contribution in [0.5, 0.6) is 0 Å². The van der Waals surface area contributed by atoms with Gasteiger partial charge in [-0.3, -0.25) is 4.79 Å². The highest BCUT2D eigenvalue weighted by Gasteiger charge is 2.27. The van der Waals surface area contributed by atoms with Gasteiger partial charge in [-0.15, -0.1) is 0 Å². The van der Waals surface area contributed by atoms with Crippen molar-refractivity contribution in [3.63, 3.8) is 0 Å². The standard InChI is InChI=1S/C23H24N4O/c28-21-14-19-7-10-24-23(22(19)26-21)27-11-8-20(9-12-27)25-15-16-5-6-17-3-1-2-4-18(17)13-16/h1-7,10,13,20,25H,8-9,11-12,14-15H2,(H,26,28). The molecule has 1 saturated heterocycles. The Balaban J connectivity index is 1.20. The number of carbonyl (C=O) groups is 1. The Morgan fingerprint density at radius 1 is 1.07 bits per heavy atom. The lowest BCUT2D eigenvalue weighted by atomic mass is 10.0. The summed E-state index contributed by atoms with van der Waals surface area (Å²) in [6.45, 7) is 2.80. The van der Waals surface area contributed by atoms with Crippen LogP contribution < -0.4 is 15.5 Å². The zero-order valence-electron chi connectivity index (χ0n) is 15.8. The molecule has 1 fully saturated rings. The van der Waals surface area contributed by atoms with Gasteiger partial charge in [-0.25, -0.2) is 4.98 Å². The van der Waals surface area contributed by atoms with Gasteiger partial charge in [0.15, 0.2) is 5.82 Å². The minimum atomic E-state index is 0.0659. The predicted molar refractivity (Wildman–Crippen MR) is 113 cm³/mol. The highest BCUT2D eigenvalue weighted by Crippen LogP contribution is 2.33. The van der Waals surface area contributed by atoms with Crippen molar-refractivity contribution in [1.29, 1.82) is 0 Å². The van der Waals surface area contributed by atoms with E-state index >= 15 is 0 Å². The van der Waals surface area contributed by atoms with E-state index in [-0.39, 0.29) is 5.91 Å². The van der Waals surface area contributed by atoms with Crippen molar-refractivity contribution in [1.82, 2.24) is 10.3 Å². The first-order valence-corrected chi connectivity index (χ1v) is 10.00. The van der Waals surface area contributed by atoms with E-state index in [1.165, 1.54) is 16.3 Å². The maximum atomic E-state index is 11.7. The van der Waals surface area contributed by atoms with Crippen molar-refractivity contribution in [2.75, 3.05) is 23.3 Å². The van der Waals surface area contributed by atoms with E-state index in [0.717, 1.165) is 49.5 Å². The molecule has 0 atom stereocenters. The van der Waals surface area contributed by atoms with E-state index in [4.69, 9.17) is 0 Å². The van der Waals surface area contributed by atoms with Crippen LogP contribution in [0, 0.1) is 0 Å². The van der Waals surface area contributed by atoms with Gasteiger partial charge >= 0.3 is 0 Å². The minimum absolute atomic E-state index is 0.0659. The molecule has 2 aliphatic rings. The average Bonchev–Trinajstić information content (AvgIpc) is 3.13. The molecule has 28 heavy (non-hydrogen) atoms. The quantitative estimate of drug-likeness (QED) is 0.736. The summed E-state index contributed by atoms with van der Waals surface area (Å²) in [4.78, 5) is 18.6. The number of amides is 1. The Kier molecular flexibility index (Phi) is 4.45. The third-order valence-corrected chi connectivity index (χ3v) is 5.84. The lowest BCUT2D eigenvalue weighted by Gasteiger charge is -2.34. The Morgan fingerprint density at radius 2 is 1.89 bits per heavy atom. The second-order valence-electron chi connectivity index (χ2n) is 7.72. The lowest BCUT2D eigenvalue weighted by molar-refractivity contribution is -0.115. The number of nitrogens with zero attached hydrogens (tertiary/aromatic N) is 2. The smallest absolute Gasteiger partial charge is 0.228 e. The van der Waals surface area contributed by atoms with Crippen LogP contribution in [0.3, 0.4) is 0 Å². The van der Waals surface area contributed by atoms with Crippen LogP contribution in [0.4, 0.5) is 11.5 Å². The molecule has 2 aliphatic heterocycles. The first-order chi connectivity index (χ1) is 13.8. The number of nitrogens with one attached hydrogen (secondary N) is 2. The molecule has 0 unspecified atom stereocenters. The van der Waals surface area contributed by atoms with Crippen LogP contribution in [0.15, 0.2) is 54.7 Å². The lowest BCUT2D eigenvalue weighted by Crippen LogP contribution is -2.42. The van der Waals surface area contributed by atoms with Crippen LogP contribution in [0.25, 0.3) is 10.8 Å². The normalized spacial score (nSPS) is 17.0. The number of carbonyl (C=O) groups excluding carboxylic acids is 1. The van der Waals surface area contributed by atoms with Gasteiger partial charge in [0.2, 0.25) is 5.91 Å².